The fraction of sp³-hybridized carbons (Fsp3) is 0. The van der Waals surface area contributed by atoms with Crippen LogP contribution >= 0.6 is 23.2 Å². The van der Waals surface area contributed by atoms with Gasteiger partial charge in [-0.1, -0.05) is 23.2 Å². The Balaban J connectivity index is 2.95. The number of allylic oxidation sites excluding steroid dienone is 2. The van der Waals surface area contributed by atoms with Gasteiger partial charge in [0.25, 0.3) is 0 Å². The number of hydrogen-bond acceptors (Lipinski definition) is 1. The van der Waals surface area contributed by atoms with Gasteiger partial charge in [0.1, 0.15) is 4.36 Å². The molecule has 44 valence electrons. The Morgan fingerprint density at radius 2 is 2.12 bits per heavy atom. The topological polar surface area (TPSA) is 17.1 Å². The average Bonchev–Trinajstić information content (AvgIpc) is 1.85. The molecule has 0 bridgehead atoms. The van der Waals surface area contributed by atoms with Crippen LogP contribution in [0.1, 0.15) is 0 Å². The maximum absolute atomic E-state index is 10.5. The Labute approximate surface area is 59.4 Å². The number of hydrogen-bond donors (Lipinski definition) is 0. The van der Waals surface area contributed by atoms with Crippen molar-refractivity contribution >= 4 is 34.0 Å². The molecule has 1 heterocycles. The van der Waals surface area contributed by atoms with E-state index >= 15 is 0 Å². The molecule has 1 aliphatic heterocycles. The second kappa shape index (κ2) is 2.21. The lowest BCUT2D eigenvalue weighted by molar-refractivity contribution is 0.693. The largest absolute Gasteiger partial charge is 0.249 e. The molecule has 0 fully saturated rings. The van der Waals surface area contributed by atoms with Gasteiger partial charge in [-0.15, -0.1) is 0 Å². The van der Waals surface area contributed by atoms with Gasteiger partial charge in [-0.25, -0.2) is 4.21 Å². The van der Waals surface area contributed by atoms with Gasteiger partial charge in [0, 0.05) is 5.41 Å². The van der Waals surface area contributed by atoms with Gasteiger partial charge < -0.3 is 0 Å². The Morgan fingerprint density at radius 1 is 1.50 bits per heavy atom. The van der Waals surface area contributed by atoms with Crippen LogP contribution < -0.4 is 0 Å². The molecule has 0 aromatic rings. The normalized spacial score (nSPS) is 27.5. The van der Waals surface area contributed by atoms with Crippen LogP contribution in [0.15, 0.2) is 20.9 Å². The SMILES string of the molecule is O=S1C=C(Cl)C=C1Cl. The molecule has 1 atom stereocenters. The van der Waals surface area contributed by atoms with Gasteiger partial charge in [0.15, 0.2) is 0 Å². The van der Waals surface area contributed by atoms with Gasteiger partial charge in [-0.2, -0.15) is 0 Å². The summed E-state index contributed by atoms with van der Waals surface area (Å²) >= 11 is 10.8. The summed E-state index contributed by atoms with van der Waals surface area (Å²) in [6.07, 6.45) is 1.47. The first-order valence-electron chi connectivity index (χ1n) is 1.85. The highest BCUT2D eigenvalue weighted by Crippen LogP contribution is 2.22. The van der Waals surface area contributed by atoms with Crippen LogP contribution in [-0.2, 0) is 10.8 Å². The second-order valence-corrected chi connectivity index (χ2v) is 3.59. The molecule has 0 amide bonds. The quantitative estimate of drug-likeness (QED) is 0.541. The van der Waals surface area contributed by atoms with Gasteiger partial charge in [0.05, 0.1) is 15.8 Å². The number of rotatable bonds is 0. The van der Waals surface area contributed by atoms with Gasteiger partial charge in [-0.05, 0) is 6.08 Å². The molecule has 1 rings (SSSR count). The molecule has 0 aromatic heterocycles. The zero-order valence-corrected chi connectivity index (χ0v) is 6.06. The first-order valence-corrected chi connectivity index (χ1v) is 3.82. The zero-order valence-electron chi connectivity index (χ0n) is 3.73. The van der Waals surface area contributed by atoms with E-state index in [1.807, 2.05) is 0 Å². The highest BCUT2D eigenvalue weighted by atomic mass is 35.5. The van der Waals surface area contributed by atoms with Crippen molar-refractivity contribution in [1.29, 1.82) is 0 Å². The van der Waals surface area contributed by atoms with Crippen molar-refractivity contribution in [1.82, 2.24) is 0 Å². The molecular weight excluding hydrogens is 167 g/mol. The van der Waals surface area contributed by atoms with E-state index in [1.54, 1.807) is 0 Å². The molecule has 0 radical (unpaired) electrons. The Kier molecular flexibility index (Phi) is 1.75. The van der Waals surface area contributed by atoms with Crippen molar-refractivity contribution in [2.24, 2.45) is 0 Å². The third-order valence-corrected chi connectivity index (χ3v) is 2.55. The summed E-state index contributed by atoms with van der Waals surface area (Å²) in [7, 11) is -1.17. The average molecular weight is 169 g/mol. The molecule has 0 saturated carbocycles. The van der Waals surface area contributed by atoms with E-state index in [1.165, 1.54) is 11.5 Å². The van der Waals surface area contributed by atoms with E-state index in [4.69, 9.17) is 23.2 Å². The third kappa shape index (κ3) is 1.13. The maximum atomic E-state index is 10.5. The van der Waals surface area contributed by atoms with Crippen molar-refractivity contribution < 1.29 is 4.21 Å². The second-order valence-electron chi connectivity index (χ2n) is 1.25. The minimum Gasteiger partial charge on any atom is -0.249 e. The lowest BCUT2D eigenvalue weighted by Crippen LogP contribution is -1.73. The summed E-state index contributed by atoms with van der Waals surface area (Å²) < 4.78 is 10.8. The summed E-state index contributed by atoms with van der Waals surface area (Å²) in [6.45, 7) is 0. The van der Waals surface area contributed by atoms with Crippen LogP contribution in [0.4, 0.5) is 0 Å². The summed E-state index contributed by atoms with van der Waals surface area (Å²) in [4.78, 5) is 0. The van der Waals surface area contributed by atoms with E-state index in [0.717, 1.165) is 0 Å². The van der Waals surface area contributed by atoms with Crippen molar-refractivity contribution in [3.8, 4) is 0 Å². The molecule has 8 heavy (non-hydrogen) atoms. The van der Waals surface area contributed by atoms with Gasteiger partial charge in [-0.3, -0.25) is 0 Å². The molecule has 1 aliphatic rings. The maximum Gasteiger partial charge on any atom is 0.110 e. The van der Waals surface area contributed by atoms with Crippen LogP contribution in [0.3, 0.4) is 0 Å². The smallest absolute Gasteiger partial charge is 0.110 e. The first kappa shape index (κ1) is 6.33. The molecule has 1 unspecified atom stereocenters. The van der Waals surface area contributed by atoms with Crippen molar-refractivity contribution in [3.05, 3.63) is 20.9 Å². The third-order valence-electron chi connectivity index (χ3n) is 0.663. The Hall–Kier alpha value is 0.210. The summed E-state index contributed by atoms with van der Waals surface area (Å²) in [5, 5.41) is 1.84. The number of halogens is 2. The molecule has 0 N–H and O–H groups in total. The van der Waals surface area contributed by atoms with Crippen LogP contribution in [0, 0.1) is 0 Å². The Bertz CT molecular complexity index is 191. The van der Waals surface area contributed by atoms with Crippen molar-refractivity contribution in [2.45, 2.75) is 0 Å². The molecule has 0 spiro atoms. The first-order chi connectivity index (χ1) is 3.70. The van der Waals surface area contributed by atoms with Crippen molar-refractivity contribution in [3.63, 3.8) is 0 Å². The molecular formula is C4H2Cl2OS. The van der Waals surface area contributed by atoms with Crippen molar-refractivity contribution in [2.75, 3.05) is 0 Å². The van der Waals surface area contributed by atoms with E-state index < -0.39 is 10.8 Å². The molecule has 4 heteroatoms. The van der Waals surface area contributed by atoms with Gasteiger partial charge >= 0.3 is 0 Å². The summed E-state index contributed by atoms with van der Waals surface area (Å²) in [6, 6.07) is 0. The van der Waals surface area contributed by atoms with Crippen LogP contribution in [-0.4, -0.2) is 4.21 Å². The lowest BCUT2D eigenvalue weighted by atomic mass is 10.6. The predicted molar refractivity (Wildman–Crippen MR) is 36.0 cm³/mol. The predicted octanol–water partition coefficient (Wildman–Crippen LogP) is 1.91. The Morgan fingerprint density at radius 3 is 2.25 bits per heavy atom. The summed E-state index contributed by atoms with van der Waals surface area (Å²) in [5.74, 6) is 0. The van der Waals surface area contributed by atoms with Crippen LogP contribution in [0.5, 0.6) is 0 Å². The van der Waals surface area contributed by atoms with Crippen LogP contribution in [0.2, 0.25) is 0 Å². The minimum atomic E-state index is -1.17. The lowest BCUT2D eigenvalue weighted by Gasteiger charge is -1.78. The fourth-order valence-corrected chi connectivity index (χ4v) is 1.71. The fourth-order valence-electron chi connectivity index (χ4n) is 0.359. The van der Waals surface area contributed by atoms with Gasteiger partial charge in [0.2, 0.25) is 0 Å². The molecule has 0 aliphatic carbocycles. The zero-order chi connectivity index (χ0) is 6.15. The standard InChI is InChI=1S/C4H2Cl2OS/c5-3-1-4(6)8(7)2-3/h1-2H. The van der Waals surface area contributed by atoms with E-state index in [9.17, 15) is 4.21 Å². The highest BCUT2D eigenvalue weighted by molar-refractivity contribution is 7.93. The summed E-state index contributed by atoms with van der Waals surface area (Å²) in [5.41, 5.74) is 0. The molecule has 1 nitrogen and oxygen atoms in total. The van der Waals surface area contributed by atoms with E-state index in [-0.39, 0.29) is 0 Å². The molecule has 0 saturated heterocycles. The molecule has 0 aromatic carbocycles. The van der Waals surface area contributed by atoms with E-state index in [2.05, 4.69) is 0 Å². The van der Waals surface area contributed by atoms with E-state index in [0.29, 0.717) is 9.40 Å². The highest BCUT2D eigenvalue weighted by Gasteiger charge is 2.08. The monoisotopic (exact) mass is 168 g/mol. The minimum absolute atomic E-state index is 0.301. The van der Waals surface area contributed by atoms with Crippen LogP contribution in [0.25, 0.3) is 0 Å².